The number of ether oxygens (including phenoxy) is 1. The molecule has 0 rings (SSSR count). The lowest BCUT2D eigenvalue weighted by Gasteiger charge is -2.02. The maximum Gasteiger partial charge on any atom is 0.383 e. The standard InChI is InChI=1S/C19H32O5/c1-3-4-5-6-7-8-9-10-11-12-13-14-15-16(20)17(21)18(22)19(23)24-2/h3-15H2,1-2H3. The van der Waals surface area contributed by atoms with Crippen molar-refractivity contribution in [3.05, 3.63) is 0 Å². The lowest BCUT2D eigenvalue weighted by Crippen LogP contribution is -2.31. The van der Waals surface area contributed by atoms with Crippen LogP contribution in [0.5, 0.6) is 0 Å². The van der Waals surface area contributed by atoms with Crippen molar-refractivity contribution in [2.24, 2.45) is 0 Å². The highest BCUT2D eigenvalue weighted by Crippen LogP contribution is 2.12. The summed E-state index contributed by atoms with van der Waals surface area (Å²) in [5.74, 6) is -4.70. The minimum Gasteiger partial charge on any atom is -0.463 e. The van der Waals surface area contributed by atoms with Gasteiger partial charge in [0.1, 0.15) is 0 Å². The predicted octanol–water partition coefficient (Wildman–Crippen LogP) is 3.96. The summed E-state index contributed by atoms with van der Waals surface area (Å²) < 4.78 is 4.14. The van der Waals surface area contributed by atoms with Gasteiger partial charge in [-0.05, 0) is 6.42 Å². The zero-order valence-electron chi connectivity index (χ0n) is 15.2. The summed E-state index contributed by atoms with van der Waals surface area (Å²) in [4.78, 5) is 45.0. The Labute approximate surface area is 145 Å². The van der Waals surface area contributed by atoms with Crippen LogP contribution in [0.15, 0.2) is 0 Å². The third-order valence-electron chi connectivity index (χ3n) is 4.09. The Kier molecular flexibility index (Phi) is 14.1. The molecule has 0 amide bonds. The molecular formula is C19H32O5. The normalized spacial score (nSPS) is 10.4. The Balaban J connectivity index is 3.50. The Morgan fingerprint density at radius 2 is 1.04 bits per heavy atom. The number of hydrogen-bond acceptors (Lipinski definition) is 5. The lowest BCUT2D eigenvalue weighted by molar-refractivity contribution is -0.156. The van der Waals surface area contributed by atoms with E-state index in [0.717, 1.165) is 26.4 Å². The van der Waals surface area contributed by atoms with Crippen LogP contribution in [0.3, 0.4) is 0 Å². The van der Waals surface area contributed by atoms with Crippen LogP contribution < -0.4 is 0 Å². The number of Topliss-reactive ketones (excluding diaryl/α,β-unsaturated/α-hetero) is 3. The van der Waals surface area contributed by atoms with Gasteiger partial charge >= 0.3 is 11.8 Å². The van der Waals surface area contributed by atoms with E-state index in [0.29, 0.717) is 6.42 Å². The van der Waals surface area contributed by atoms with Crippen molar-refractivity contribution in [2.75, 3.05) is 7.11 Å². The van der Waals surface area contributed by atoms with Crippen molar-refractivity contribution in [3.63, 3.8) is 0 Å². The lowest BCUT2D eigenvalue weighted by atomic mass is 10.0. The molecular weight excluding hydrogens is 308 g/mol. The number of rotatable bonds is 16. The van der Waals surface area contributed by atoms with E-state index in [1.807, 2.05) is 0 Å². The molecule has 0 spiro atoms. The summed E-state index contributed by atoms with van der Waals surface area (Å²) in [7, 11) is 1.00. The van der Waals surface area contributed by atoms with Gasteiger partial charge in [-0.2, -0.15) is 0 Å². The van der Waals surface area contributed by atoms with Crippen LogP contribution in [0.2, 0.25) is 0 Å². The molecule has 0 radical (unpaired) electrons. The van der Waals surface area contributed by atoms with E-state index < -0.39 is 23.3 Å². The third-order valence-corrected chi connectivity index (χ3v) is 4.09. The smallest absolute Gasteiger partial charge is 0.383 e. The second-order valence-electron chi connectivity index (χ2n) is 6.21. The van der Waals surface area contributed by atoms with Gasteiger partial charge in [-0.25, -0.2) is 4.79 Å². The van der Waals surface area contributed by atoms with E-state index in [-0.39, 0.29) is 6.42 Å². The highest BCUT2D eigenvalue weighted by atomic mass is 16.5. The van der Waals surface area contributed by atoms with Gasteiger partial charge < -0.3 is 4.74 Å². The SMILES string of the molecule is CCCCCCCCCCCCCCC(=O)C(=O)C(=O)C(=O)OC. The summed E-state index contributed by atoms with van der Waals surface area (Å²) in [6, 6.07) is 0. The Morgan fingerprint density at radius 3 is 1.46 bits per heavy atom. The molecule has 0 aliphatic rings. The van der Waals surface area contributed by atoms with Crippen LogP contribution >= 0.6 is 0 Å². The largest absolute Gasteiger partial charge is 0.463 e. The zero-order valence-corrected chi connectivity index (χ0v) is 15.2. The van der Waals surface area contributed by atoms with Crippen LogP contribution in [-0.2, 0) is 23.9 Å². The van der Waals surface area contributed by atoms with Crippen molar-refractivity contribution in [2.45, 2.75) is 90.4 Å². The molecule has 0 fully saturated rings. The minimum absolute atomic E-state index is 0.0268. The first-order valence-electron chi connectivity index (χ1n) is 9.24. The topological polar surface area (TPSA) is 77.5 Å². The number of ketones is 3. The highest BCUT2D eigenvalue weighted by molar-refractivity contribution is 6.77. The average Bonchev–Trinajstić information content (AvgIpc) is 2.60. The maximum absolute atomic E-state index is 11.5. The fraction of sp³-hybridized carbons (Fsp3) is 0.789. The predicted molar refractivity (Wildman–Crippen MR) is 92.7 cm³/mol. The maximum atomic E-state index is 11.5. The molecule has 0 saturated heterocycles. The number of carbonyl (C=O) groups is 4. The Bertz CT molecular complexity index is 401. The fourth-order valence-corrected chi connectivity index (χ4v) is 2.55. The Hall–Kier alpha value is -1.52. The molecule has 5 nitrogen and oxygen atoms in total. The van der Waals surface area contributed by atoms with Gasteiger partial charge in [0.2, 0.25) is 5.78 Å². The second kappa shape index (κ2) is 15.0. The van der Waals surface area contributed by atoms with Gasteiger partial charge in [-0.1, -0.05) is 77.6 Å². The van der Waals surface area contributed by atoms with Gasteiger partial charge in [0.25, 0.3) is 5.78 Å². The molecule has 0 aromatic heterocycles. The first kappa shape index (κ1) is 22.5. The molecule has 0 N–H and O–H groups in total. The van der Waals surface area contributed by atoms with E-state index >= 15 is 0 Å². The molecule has 5 heteroatoms. The van der Waals surface area contributed by atoms with Crippen molar-refractivity contribution < 1.29 is 23.9 Å². The quantitative estimate of drug-likeness (QED) is 0.184. The molecule has 0 saturated carbocycles. The van der Waals surface area contributed by atoms with Crippen molar-refractivity contribution in [1.29, 1.82) is 0 Å². The first-order chi connectivity index (χ1) is 11.5. The first-order valence-corrected chi connectivity index (χ1v) is 9.24. The summed E-state index contributed by atoms with van der Waals surface area (Å²) in [6.45, 7) is 2.22. The fourth-order valence-electron chi connectivity index (χ4n) is 2.55. The highest BCUT2D eigenvalue weighted by Gasteiger charge is 2.28. The Morgan fingerprint density at radius 1 is 0.625 bits per heavy atom. The van der Waals surface area contributed by atoms with E-state index in [1.165, 1.54) is 51.4 Å². The molecule has 0 aliphatic heterocycles. The molecule has 0 atom stereocenters. The van der Waals surface area contributed by atoms with Crippen LogP contribution in [0.4, 0.5) is 0 Å². The van der Waals surface area contributed by atoms with Crippen molar-refractivity contribution in [1.82, 2.24) is 0 Å². The van der Waals surface area contributed by atoms with E-state index in [2.05, 4.69) is 11.7 Å². The van der Waals surface area contributed by atoms with Crippen LogP contribution in [0.25, 0.3) is 0 Å². The van der Waals surface area contributed by atoms with Crippen LogP contribution in [0, 0.1) is 0 Å². The van der Waals surface area contributed by atoms with E-state index in [9.17, 15) is 19.2 Å². The van der Waals surface area contributed by atoms with Crippen LogP contribution in [0.1, 0.15) is 90.4 Å². The number of carbonyl (C=O) groups excluding carboxylic acids is 4. The van der Waals surface area contributed by atoms with Gasteiger partial charge in [0.15, 0.2) is 0 Å². The molecule has 0 heterocycles. The summed E-state index contributed by atoms with van der Waals surface area (Å²) in [5, 5.41) is 0. The van der Waals surface area contributed by atoms with E-state index in [4.69, 9.17) is 0 Å². The van der Waals surface area contributed by atoms with Crippen molar-refractivity contribution in [3.8, 4) is 0 Å². The zero-order chi connectivity index (χ0) is 18.2. The van der Waals surface area contributed by atoms with Gasteiger partial charge in [0, 0.05) is 6.42 Å². The molecule has 24 heavy (non-hydrogen) atoms. The van der Waals surface area contributed by atoms with Crippen molar-refractivity contribution >= 4 is 23.3 Å². The molecule has 0 aliphatic carbocycles. The molecule has 0 aromatic carbocycles. The second-order valence-corrected chi connectivity index (χ2v) is 6.21. The molecule has 0 bridgehead atoms. The average molecular weight is 340 g/mol. The van der Waals surface area contributed by atoms with Gasteiger partial charge in [0.05, 0.1) is 7.11 Å². The van der Waals surface area contributed by atoms with Gasteiger partial charge in [-0.15, -0.1) is 0 Å². The van der Waals surface area contributed by atoms with Gasteiger partial charge in [-0.3, -0.25) is 14.4 Å². The minimum atomic E-state index is -1.37. The van der Waals surface area contributed by atoms with E-state index in [1.54, 1.807) is 0 Å². The summed E-state index contributed by atoms with van der Waals surface area (Å²) in [6.07, 6.45) is 14.0. The molecule has 0 unspecified atom stereocenters. The van der Waals surface area contributed by atoms with Crippen LogP contribution in [-0.4, -0.2) is 30.4 Å². The summed E-state index contributed by atoms with van der Waals surface area (Å²) in [5.41, 5.74) is 0. The number of unbranched alkanes of at least 4 members (excludes halogenated alkanes) is 11. The monoisotopic (exact) mass is 340 g/mol. The molecule has 0 aromatic rings. The summed E-state index contributed by atoms with van der Waals surface area (Å²) >= 11 is 0. The number of esters is 1. The number of hydrogen-bond donors (Lipinski definition) is 0. The number of methoxy groups -OCH3 is 1. The molecule has 138 valence electrons. The third kappa shape index (κ3) is 11.1.